The third-order valence-corrected chi connectivity index (χ3v) is 3.48. The molecule has 0 saturated heterocycles. The monoisotopic (exact) mass is 287 g/mol. The molecule has 1 heterocycles. The van der Waals surface area contributed by atoms with Gasteiger partial charge in [-0.05, 0) is 25.0 Å². The zero-order valence-electron chi connectivity index (χ0n) is 12.5. The van der Waals surface area contributed by atoms with Crippen LogP contribution in [0.4, 0.5) is 0 Å². The molecule has 0 saturated carbocycles. The first-order chi connectivity index (χ1) is 10.2. The number of nitrogens with zero attached hydrogens (tertiary/aromatic N) is 2. The zero-order valence-corrected chi connectivity index (χ0v) is 12.5. The number of hydrogen-bond acceptors (Lipinski definition) is 4. The molecular weight excluding hydrogens is 266 g/mol. The van der Waals surface area contributed by atoms with Crippen molar-refractivity contribution in [2.24, 2.45) is 5.92 Å². The number of rotatable bonds is 7. The minimum Gasteiger partial charge on any atom is -0.421 e. The lowest BCUT2D eigenvalue weighted by molar-refractivity contribution is -0.125. The molecule has 1 aromatic heterocycles. The molecule has 21 heavy (non-hydrogen) atoms. The predicted molar refractivity (Wildman–Crippen MR) is 80.5 cm³/mol. The molecule has 0 unspecified atom stereocenters. The van der Waals surface area contributed by atoms with Gasteiger partial charge in [-0.1, -0.05) is 32.0 Å². The molecule has 0 radical (unpaired) electrons. The van der Waals surface area contributed by atoms with E-state index < -0.39 is 0 Å². The van der Waals surface area contributed by atoms with Gasteiger partial charge in [0, 0.05) is 24.4 Å². The highest BCUT2D eigenvalue weighted by molar-refractivity contribution is 5.78. The number of nitrogens with one attached hydrogen (secondary N) is 1. The van der Waals surface area contributed by atoms with Crippen molar-refractivity contribution >= 4 is 5.91 Å². The summed E-state index contributed by atoms with van der Waals surface area (Å²) >= 11 is 0. The lowest BCUT2D eigenvalue weighted by Gasteiger charge is -2.11. The first-order valence-corrected chi connectivity index (χ1v) is 7.40. The van der Waals surface area contributed by atoms with Crippen molar-refractivity contribution in [1.29, 1.82) is 0 Å². The van der Waals surface area contributed by atoms with E-state index in [9.17, 15) is 4.79 Å². The number of carbonyl (C=O) groups is 1. The van der Waals surface area contributed by atoms with Gasteiger partial charge in [0.1, 0.15) is 0 Å². The summed E-state index contributed by atoms with van der Waals surface area (Å²) in [5.41, 5.74) is 0.900. The molecule has 112 valence electrons. The van der Waals surface area contributed by atoms with Gasteiger partial charge in [0.2, 0.25) is 17.7 Å². The Kier molecular flexibility index (Phi) is 5.49. The van der Waals surface area contributed by atoms with Crippen LogP contribution in [0.15, 0.2) is 34.7 Å². The molecule has 2 aromatic rings. The molecule has 2 rings (SSSR count). The summed E-state index contributed by atoms with van der Waals surface area (Å²) in [6.45, 7) is 4.57. The fourth-order valence-corrected chi connectivity index (χ4v) is 2.15. The van der Waals surface area contributed by atoms with Crippen LogP contribution in [0.5, 0.6) is 0 Å². The van der Waals surface area contributed by atoms with Crippen LogP contribution in [0.1, 0.15) is 32.6 Å². The fourth-order valence-electron chi connectivity index (χ4n) is 2.15. The first-order valence-electron chi connectivity index (χ1n) is 7.40. The van der Waals surface area contributed by atoms with Crippen LogP contribution in [-0.2, 0) is 11.2 Å². The van der Waals surface area contributed by atoms with Crippen LogP contribution in [0.2, 0.25) is 0 Å². The van der Waals surface area contributed by atoms with Crippen molar-refractivity contribution in [1.82, 2.24) is 15.5 Å². The number of aromatic nitrogens is 2. The normalized spacial score (nSPS) is 10.8. The summed E-state index contributed by atoms with van der Waals surface area (Å²) in [7, 11) is 0. The molecule has 5 heteroatoms. The lowest BCUT2D eigenvalue weighted by Crippen LogP contribution is -2.31. The van der Waals surface area contributed by atoms with Crippen molar-refractivity contribution in [3.63, 3.8) is 0 Å². The van der Waals surface area contributed by atoms with E-state index in [0.717, 1.165) is 18.4 Å². The molecule has 1 amide bonds. The number of amides is 1. The lowest BCUT2D eigenvalue weighted by atomic mass is 10.0. The van der Waals surface area contributed by atoms with Gasteiger partial charge in [-0.15, -0.1) is 10.2 Å². The van der Waals surface area contributed by atoms with E-state index >= 15 is 0 Å². The third kappa shape index (κ3) is 4.15. The Bertz CT molecular complexity index is 562. The fraction of sp³-hybridized carbons (Fsp3) is 0.438. The Morgan fingerprint density at radius 1 is 1.19 bits per heavy atom. The van der Waals surface area contributed by atoms with E-state index in [-0.39, 0.29) is 11.8 Å². The quantitative estimate of drug-likeness (QED) is 0.850. The van der Waals surface area contributed by atoms with Crippen molar-refractivity contribution in [3.05, 3.63) is 36.2 Å². The van der Waals surface area contributed by atoms with E-state index in [1.165, 1.54) is 0 Å². The number of hydrogen-bond donors (Lipinski definition) is 1. The first kappa shape index (κ1) is 15.2. The molecule has 0 aliphatic rings. The van der Waals surface area contributed by atoms with Crippen LogP contribution >= 0.6 is 0 Å². The SMILES string of the molecule is CCC(CC)C(=O)NCCc1nnc(-c2ccccc2)o1. The van der Waals surface area contributed by atoms with Crippen molar-refractivity contribution in [2.45, 2.75) is 33.1 Å². The van der Waals surface area contributed by atoms with E-state index in [1.807, 2.05) is 44.2 Å². The van der Waals surface area contributed by atoms with Gasteiger partial charge < -0.3 is 9.73 Å². The topological polar surface area (TPSA) is 68.0 Å². The van der Waals surface area contributed by atoms with Crippen LogP contribution in [-0.4, -0.2) is 22.6 Å². The Labute approximate surface area is 124 Å². The summed E-state index contributed by atoms with van der Waals surface area (Å²) in [6.07, 6.45) is 2.27. The highest BCUT2D eigenvalue weighted by Gasteiger charge is 2.14. The van der Waals surface area contributed by atoms with Gasteiger partial charge in [-0.25, -0.2) is 0 Å². The third-order valence-electron chi connectivity index (χ3n) is 3.48. The average molecular weight is 287 g/mol. The van der Waals surface area contributed by atoms with Gasteiger partial charge in [-0.3, -0.25) is 4.79 Å². The van der Waals surface area contributed by atoms with Crippen LogP contribution in [0, 0.1) is 5.92 Å². The highest BCUT2D eigenvalue weighted by atomic mass is 16.4. The molecule has 0 aliphatic carbocycles. The molecule has 5 nitrogen and oxygen atoms in total. The second kappa shape index (κ2) is 7.57. The summed E-state index contributed by atoms with van der Waals surface area (Å²) in [4.78, 5) is 11.8. The molecule has 0 bridgehead atoms. The number of carbonyl (C=O) groups excluding carboxylic acids is 1. The van der Waals surface area contributed by atoms with Gasteiger partial charge in [-0.2, -0.15) is 0 Å². The molecule has 0 aliphatic heterocycles. The highest BCUT2D eigenvalue weighted by Crippen LogP contribution is 2.16. The Balaban J connectivity index is 1.85. The Morgan fingerprint density at radius 3 is 2.57 bits per heavy atom. The van der Waals surface area contributed by atoms with Gasteiger partial charge in [0.25, 0.3) is 0 Å². The van der Waals surface area contributed by atoms with Crippen LogP contribution in [0.25, 0.3) is 11.5 Å². The Morgan fingerprint density at radius 2 is 1.90 bits per heavy atom. The number of benzene rings is 1. The smallest absolute Gasteiger partial charge is 0.247 e. The van der Waals surface area contributed by atoms with E-state index in [0.29, 0.717) is 24.7 Å². The second-order valence-electron chi connectivity index (χ2n) is 4.92. The summed E-state index contributed by atoms with van der Waals surface area (Å²) in [6, 6.07) is 9.64. The Hall–Kier alpha value is -2.17. The minimum absolute atomic E-state index is 0.0903. The van der Waals surface area contributed by atoms with Crippen molar-refractivity contribution in [3.8, 4) is 11.5 Å². The van der Waals surface area contributed by atoms with Crippen molar-refractivity contribution in [2.75, 3.05) is 6.54 Å². The maximum Gasteiger partial charge on any atom is 0.247 e. The summed E-state index contributed by atoms with van der Waals surface area (Å²) in [5, 5.41) is 10.9. The molecule has 1 N–H and O–H groups in total. The maximum absolute atomic E-state index is 11.8. The molecular formula is C16H21N3O2. The second-order valence-corrected chi connectivity index (χ2v) is 4.92. The molecule has 0 spiro atoms. The van der Waals surface area contributed by atoms with Gasteiger partial charge in [0.05, 0.1) is 0 Å². The van der Waals surface area contributed by atoms with Crippen LogP contribution in [0.3, 0.4) is 0 Å². The van der Waals surface area contributed by atoms with E-state index in [4.69, 9.17) is 4.42 Å². The molecule has 0 atom stereocenters. The van der Waals surface area contributed by atoms with Crippen molar-refractivity contribution < 1.29 is 9.21 Å². The maximum atomic E-state index is 11.8. The zero-order chi connectivity index (χ0) is 15.1. The summed E-state index contributed by atoms with van der Waals surface area (Å²) < 4.78 is 5.59. The minimum atomic E-state index is 0.0903. The summed E-state index contributed by atoms with van der Waals surface area (Å²) in [5.74, 6) is 1.24. The predicted octanol–water partition coefficient (Wildman–Crippen LogP) is 2.83. The molecule has 1 aromatic carbocycles. The standard InChI is InChI=1S/C16H21N3O2/c1-3-12(4-2)15(20)17-11-10-14-18-19-16(21-14)13-8-6-5-7-9-13/h5-9,12H,3-4,10-11H2,1-2H3,(H,17,20). The van der Waals surface area contributed by atoms with E-state index in [2.05, 4.69) is 15.5 Å². The molecule has 0 fully saturated rings. The van der Waals surface area contributed by atoms with Gasteiger partial charge in [0.15, 0.2) is 0 Å². The van der Waals surface area contributed by atoms with Crippen LogP contribution < -0.4 is 5.32 Å². The van der Waals surface area contributed by atoms with Gasteiger partial charge >= 0.3 is 0 Å². The average Bonchev–Trinajstić information content (AvgIpc) is 2.98. The van der Waals surface area contributed by atoms with E-state index in [1.54, 1.807) is 0 Å². The largest absolute Gasteiger partial charge is 0.421 e.